The first-order valence-electron chi connectivity index (χ1n) is 7.82. The van der Waals surface area contributed by atoms with Crippen LogP contribution in [0.4, 0.5) is 4.79 Å². The summed E-state index contributed by atoms with van der Waals surface area (Å²) in [7, 11) is 5.19. The van der Waals surface area contributed by atoms with Gasteiger partial charge in [-0.3, -0.25) is 0 Å². The second-order valence-electron chi connectivity index (χ2n) is 5.66. The van der Waals surface area contributed by atoms with Gasteiger partial charge in [0.1, 0.15) is 5.75 Å². The number of methoxy groups -OCH3 is 1. The van der Waals surface area contributed by atoms with Crippen molar-refractivity contribution >= 4 is 35.3 Å². The number of ether oxygens (including phenoxy) is 1. The van der Waals surface area contributed by atoms with Crippen LogP contribution in [0.2, 0.25) is 0 Å². The maximum atomic E-state index is 12.1. The van der Waals surface area contributed by atoms with Crippen LogP contribution in [-0.2, 0) is 0 Å². The van der Waals surface area contributed by atoms with Gasteiger partial charge in [-0.05, 0) is 24.5 Å². The summed E-state index contributed by atoms with van der Waals surface area (Å²) in [6.45, 7) is 0. The van der Waals surface area contributed by atoms with Gasteiger partial charge in [-0.15, -0.1) is 0 Å². The summed E-state index contributed by atoms with van der Waals surface area (Å²) >= 11 is 1.52. The molecule has 8 heteroatoms. The van der Waals surface area contributed by atoms with Crippen LogP contribution in [0, 0.1) is 0 Å². The van der Waals surface area contributed by atoms with Gasteiger partial charge in [-0.1, -0.05) is 30.0 Å². The molecule has 2 amide bonds. The van der Waals surface area contributed by atoms with Crippen molar-refractivity contribution in [2.75, 3.05) is 27.5 Å². The number of likely N-dealkylation sites (N-methyl/N-ethyl adjacent to an activating group) is 2. The molecule has 0 spiro atoms. The van der Waals surface area contributed by atoms with Crippen molar-refractivity contribution in [3.63, 3.8) is 0 Å². The Kier molecular flexibility index (Phi) is 4.98. The van der Waals surface area contributed by atoms with E-state index in [1.54, 1.807) is 42.2 Å². The van der Waals surface area contributed by atoms with Gasteiger partial charge in [0.25, 0.3) is 0 Å². The van der Waals surface area contributed by atoms with Gasteiger partial charge in [0.15, 0.2) is 17.5 Å². The van der Waals surface area contributed by atoms with Crippen molar-refractivity contribution in [3.05, 3.63) is 35.9 Å². The number of benzene rings is 1. The molecule has 7 nitrogen and oxygen atoms in total. The quantitative estimate of drug-likeness (QED) is 0.775. The first-order valence-corrected chi connectivity index (χ1v) is 9.05. The summed E-state index contributed by atoms with van der Waals surface area (Å²) < 4.78 is 5.33. The topological polar surface area (TPSA) is 60.7 Å². The second kappa shape index (κ2) is 7.18. The zero-order chi connectivity index (χ0) is 18.0. The number of rotatable bonds is 4. The predicted molar refractivity (Wildman–Crippen MR) is 102 cm³/mol. The van der Waals surface area contributed by atoms with Crippen LogP contribution >= 0.6 is 11.8 Å². The molecule has 0 N–H and O–H groups in total. The molecule has 132 valence electrons. The number of nitrogens with zero attached hydrogens (tertiary/aromatic N) is 5. The average Bonchev–Trinajstić information content (AvgIpc) is 3.10. The lowest BCUT2D eigenvalue weighted by Crippen LogP contribution is -2.43. The number of amidine groups is 1. The monoisotopic (exact) mass is 359 g/mol. The van der Waals surface area contributed by atoms with Gasteiger partial charge >= 0.3 is 6.03 Å². The third-order valence-electron chi connectivity index (χ3n) is 4.23. The van der Waals surface area contributed by atoms with Crippen LogP contribution in [0.25, 0.3) is 6.08 Å². The molecule has 1 fully saturated rings. The lowest BCUT2D eigenvalue weighted by Gasteiger charge is -2.25. The largest absolute Gasteiger partial charge is 0.496 e. The standard InChI is InChI=1S/C17H21N5O2S/c1-20-14-15(21(2)17(20)23)22(16(19-14)25-4)18-11-7-9-12-8-5-6-10-13(12)24-3/h5-11,14-15H,1-4H3/b9-7+,18-11+. The van der Waals surface area contributed by atoms with Crippen molar-refractivity contribution in [2.24, 2.45) is 10.1 Å². The van der Waals surface area contributed by atoms with E-state index in [2.05, 4.69) is 10.1 Å². The summed E-state index contributed by atoms with van der Waals surface area (Å²) in [5.74, 6) is 0.808. The van der Waals surface area contributed by atoms with E-state index < -0.39 is 0 Å². The van der Waals surface area contributed by atoms with E-state index >= 15 is 0 Å². The number of carbonyl (C=O) groups is 1. The minimum atomic E-state index is -0.227. The molecule has 3 rings (SSSR count). The highest BCUT2D eigenvalue weighted by Crippen LogP contribution is 2.32. The highest BCUT2D eigenvalue weighted by molar-refractivity contribution is 8.13. The van der Waals surface area contributed by atoms with E-state index in [1.165, 1.54) is 11.8 Å². The smallest absolute Gasteiger partial charge is 0.323 e. The van der Waals surface area contributed by atoms with Gasteiger partial charge in [0.2, 0.25) is 0 Å². The SMILES string of the molecule is COc1ccccc1/C=C/C=N/N1C(SC)=NC2C1N(C)C(=O)N2C. The summed E-state index contributed by atoms with van der Waals surface area (Å²) in [6.07, 6.45) is 7.00. The Morgan fingerprint density at radius 2 is 2.04 bits per heavy atom. The Morgan fingerprint density at radius 1 is 1.28 bits per heavy atom. The molecule has 2 aliphatic heterocycles. The zero-order valence-corrected chi connectivity index (χ0v) is 15.5. The number of carbonyl (C=O) groups excluding carboxylic acids is 1. The third-order valence-corrected chi connectivity index (χ3v) is 4.89. The van der Waals surface area contributed by atoms with Gasteiger partial charge in [-0.25, -0.2) is 14.8 Å². The number of fused-ring (bicyclic) bond motifs is 1. The summed E-state index contributed by atoms with van der Waals surface area (Å²) in [5, 5.41) is 7.11. The molecule has 1 saturated heterocycles. The van der Waals surface area contributed by atoms with E-state index in [9.17, 15) is 4.79 Å². The highest BCUT2D eigenvalue weighted by Gasteiger charge is 2.50. The third kappa shape index (κ3) is 3.09. The number of hydrogen-bond acceptors (Lipinski definition) is 6. The van der Waals surface area contributed by atoms with E-state index in [0.29, 0.717) is 0 Å². The van der Waals surface area contributed by atoms with Crippen molar-refractivity contribution in [1.82, 2.24) is 14.8 Å². The lowest BCUT2D eigenvalue weighted by atomic mass is 10.2. The Morgan fingerprint density at radius 3 is 2.76 bits per heavy atom. The van der Waals surface area contributed by atoms with Gasteiger partial charge in [-0.2, -0.15) is 5.10 Å². The highest BCUT2D eigenvalue weighted by atomic mass is 32.2. The molecule has 2 unspecified atom stereocenters. The molecule has 0 saturated carbocycles. The molecule has 1 aromatic rings. The normalized spacial score (nSPS) is 23.1. The second-order valence-corrected chi connectivity index (χ2v) is 6.43. The molecule has 1 aromatic carbocycles. The number of thioether (sulfide) groups is 1. The molecule has 0 radical (unpaired) electrons. The first-order chi connectivity index (χ1) is 12.1. The number of hydrazone groups is 1. The molecule has 2 heterocycles. The summed E-state index contributed by atoms with van der Waals surface area (Å²) in [6, 6.07) is 7.72. The Hall–Kier alpha value is -2.48. The molecule has 0 aromatic heterocycles. The number of urea groups is 1. The van der Waals surface area contributed by atoms with Crippen LogP contribution in [0.15, 0.2) is 40.4 Å². The summed E-state index contributed by atoms with van der Waals surface area (Å²) in [5.41, 5.74) is 0.974. The number of hydrogen-bond donors (Lipinski definition) is 0. The van der Waals surface area contributed by atoms with Crippen molar-refractivity contribution < 1.29 is 9.53 Å². The fourth-order valence-electron chi connectivity index (χ4n) is 2.93. The zero-order valence-electron chi connectivity index (χ0n) is 14.7. The molecule has 0 aliphatic carbocycles. The maximum absolute atomic E-state index is 12.1. The van der Waals surface area contributed by atoms with Gasteiger partial charge in [0.05, 0.1) is 7.11 Å². The summed E-state index contributed by atoms with van der Waals surface area (Å²) in [4.78, 5) is 20.0. The molecule has 25 heavy (non-hydrogen) atoms. The Balaban J connectivity index is 1.77. The average molecular weight is 359 g/mol. The fraction of sp³-hybridized carbons (Fsp3) is 0.353. The predicted octanol–water partition coefficient (Wildman–Crippen LogP) is 2.38. The molecular weight excluding hydrogens is 338 g/mol. The number of amides is 2. The fourth-order valence-corrected chi connectivity index (χ4v) is 3.48. The van der Waals surface area contributed by atoms with E-state index in [1.807, 2.05) is 42.7 Å². The number of allylic oxidation sites excluding steroid dienone is 1. The van der Waals surface area contributed by atoms with Crippen LogP contribution < -0.4 is 4.74 Å². The minimum absolute atomic E-state index is 0.0522. The number of para-hydroxylation sites is 1. The molecule has 2 aliphatic rings. The number of aliphatic imine (C=N–C) groups is 1. The maximum Gasteiger partial charge on any atom is 0.323 e. The van der Waals surface area contributed by atoms with Crippen molar-refractivity contribution in [1.29, 1.82) is 0 Å². The van der Waals surface area contributed by atoms with Crippen LogP contribution in [-0.4, -0.2) is 72.0 Å². The first kappa shape index (κ1) is 17.3. The Bertz CT molecular complexity index is 748. The van der Waals surface area contributed by atoms with Crippen molar-refractivity contribution in [2.45, 2.75) is 12.3 Å². The van der Waals surface area contributed by atoms with E-state index in [4.69, 9.17) is 4.74 Å². The van der Waals surface area contributed by atoms with Crippen LogP contribution in [0.5, 0.6) is 5.75 Å². The molecule has 2 atom stereocenters. The van der Waals surface area contributed by atoms with Gasteiger partial charge in [0, 0.05) is 25.9 Å². The lowest BCUT2D eigenvalue weighted by molar-refractivity contribution is 0.172. The minimum Gasteiger partial charge on any atom is -0.496 e. The van der Waals surface area contributed by atoms with Crippen molar-refractivity contribution in [3.8, 4) is 5.75 Å². The molecule has 0 bridgehead atoms. The van der Waals surface area contributed by atoms with Crippen LogP contribution in [0.3, 0.4) is 0 Å². The Labute approximate surface area is 151 Å². The van der Waals surface area contributed by atoms with Crippen LogP contribution in [0.1, 0.15) is 5.56 Å². The molecular formula is C17H21N5O2S. The van der Waals surface area contributed by atoms with E-state index in [0.717, 1.165) is 16.5 Å². The van der Waals surface area contributed by atoms with E-state index in [-0.39, 0.29) is 18.4 Å². The van der Waals surface area contributed by atoms with Gasteiger partial charge < -0.3 is 14.5 Å².